The Morgan fingerprint density at radius 3 is 3.10 bits per heavy atom. The molecule has 0 radical (unpaired) electrons. The molecule has 1 aromatic carbocycles. The van der Waals surface area contributed by atoms with Gasteiger partial charge in [0.1, 0.15) is 5.75 Å². The number of anilines is 1. The van der Waals surface area contributed by atoms with Gasteiger partial charge in [-0.15, -0.1) is 0 Å². The summed E-state index contributed by atoms with van der Waals surface area (Å²) in [7, 11) is 1.75. The van der Waals surface area contributed by atoms with Crippen molar-refractivity contribution in [3.8, 4) is 5.75 Å². The van der Waals surface area contributed by atoms with Crippen LogP contribution in [-0.4, -0.2) is 46.0 Å². The molecule has 0 bridgehead atoms. The molecule has 0 aromatic heterocycles. The zero-order chi connectivity index (χ0) is 14.2. The quantitative estimate of drug-likeness (QED) is 0.776. The number of benzene rings is 1. The van der Waals surface area contributed by atoms with E-state index >= 15 is 0 Å². The van der Waals surface area contributed by atoms with Crippen LogP contribution in [0, 0.1) is 0 Å². The first-order chi connectivity index (χ1) is 9.83. The third-order valence-electron chi connectivity index (χ3n) is 3.65. The van der Waals surface area contributed by atoms with Gasteiger partial charge in [0.2, 0.25) is 0 Å². The monoisotopic (exact) mass is 278 g/mol. The van der Waals surface area contributed by atoms with Gasteiger partial charge >= 0.3 is 0 Å². The highest BCUT2D eigenvalue weighted by Crippen LogP contribution is 2.31. The Hall–Kier alpha value is -1.26. The number of hydrogen-bond acceptors (Lipinski definition) is 4. The van der Waals surface area contributed by atoms with Crippen LogP contribution in [0.4, 0.5) is 5.69 Å². The van der Waals surface area contributed by atoms with E-state index in [0.717, 1.165) is 51.4 Å². The van der Waals surface area contributed by atoms with Gasteiger partial charge < -0.3 is 19.7 Å². The summed E-state index contributed by atoms with van der Waals surface area (Å²) >= 11 is 0. The van der Waals surface area contributed by atoms with Crippen molar-refractivity contribution in [2.45, 2.75) is 25.8 Å². The fraction of sp³-hybridized carbons (Fsp3) is 0.625. The van der Waals surface area contributed by atoms with Gasteiger partial charge in [-0.3, -0.25) is 0 Å². The van der Waals surface area contributed by atoms with E-state index in [9.17, 15) is 0 Å². The molecule has 0 spiro atoms. The summed E-state index contributed by atoms with van der Waals surface area (Å²) in [5.41, 5.74) is 1.22. The summed E-state index contributed by atoms with van der Waals surface area (Å²) < 4.78 is 10.9. The molecule has 1 N–H and O–H groups in total. The number of methoxy groups -OCH3 is 1. The van der Waals surface area contributed by atoms with E-state index in [2.05, 4.69) is 35.3 Å². The van der Waals surface area contributed by atoms with Crippen molar-refractivity contribution in [3.05, 3.63) is 24.3 Å². The smallest absolute Gasteiger partial charge is 0.142 e. The highest BCUT2D eigenvalue weighted by molar-refractivity contribution is 5.59. The topological polar surface area (TPSA) is 33.7 Å². The molecule has 20 heavy (non-hydrogen) atoms. The fourth-order valence-electron chi connectivity index (χ4n) is 2.57. The van der Waals surface area contributed by atoms with Crippen LogP contribution in [0.25, 0.3) is 0 Å². The molecule has 2 rings (SSSR count). The minimum Gasteiger partial charge on any atom is -0.491 e. The summed E-state index contributed by atoms with van der Waals surface area (Å²) in [5, 5.41) is 3.51. The standard InChI is InChI=1S/C16H26N2O2/c1-14(13-17-9-5-11-19-2)18-10-6-12-20-16-8-4-3-7-15(16)18/h3-4,7-8,14,17H,5-6,9-13H2,1-2H3. The number of hydrogen-bond donors (Lipinski definition) is 1. The Kier molecular flexibility index (Phi) is 6.15. The van der Waals surface area contributed by atoms with Crippen molar-refractivity contribution in [1.82, 2.24) is 5.32 Å². The lowest BCUT2D eigenvalue weighted by Gasteiger charge is -2.30. The third-order valence-corrected chi connectivity index (χ3v) is 3.65. The van der Waals surface area contributed by atoms with E-state index in [0.29, 0.717) is 6.04 Å². The van der Waals surface area contributed by atoms with E-state index in [1.807, 2.05) is 6.07 Å². The maximum atomic E-state index is 5.81. The molecular formula is C16H26N2O2. The highest BCUT2D eigenvalue weighted by atomic mass is 16.5. The van der Waals surface area contributed by atoms with Gasteiger partial charge in [0.15, 0.2) is 0 Å². The molecule has 0 amide bonds. The van der Waals surface area contributed by atoms with Crippen molar-refractivity contribution in [2.75, 3.05) is 44.9 Å². The number of ether oxygens (including phenoxy) is 2. The number of para-hydroxylation sites is 2. The van der Waals surface area contributed by atoms with Crippen molar-refractivity contribution in [3.63, 3.8) is 0 Å². The number of nitrogens with one attached hydrogen (secondary N) is 1. The van der Waals surface area contributed by atoms with Gasteiger partial charge in [0, 0.05) is 32.8 Å². The normalized spacial score (nSPS) is 16.2. The summed E-state index contributed by atoms with van der Waals surface area (Å²) in [5.74, 6) is 1.01. The second-order valence-corrected chi connectivity index (χ2v) is 5.26. The van der Waals surface area contributed by atoms with Gasteiger partial charge in [-0.1, -0.05) is 12.1 Å². The highest BCUT2D eigenvalue weighted by Gasteiger charge is 2.20. The van der Waals surface area contributed by atoms with Crippen molar-refractivity contribution in [2.24, 2.45) is 0 Å². The maximum Gasteiger partial charge on any atom is 0.142 e. The molecule has 1 unspecified atom stereocenters. The SMILES string of the molecule is COCCCNCC(C)N1CCCOc2ccccc21. The van der Waals surface area contributed by atoms with E-state index in [4.69, 9.17) is 9.47 Å². The zero-order valence-corrected chi connectivity index (χ0v) is 12.6. The summed E-state index contributed by atoms with van der Waals surface area (Å²) in [6.07, 6.45) is 2.13. The Balaban J connectivity index is 1.90. The Morgan fingerprint density at radius 2 is 2.25 bits per heavy atom. The molecule has 0 fully saturated rings. The first-order valence-corrected chi connectivity index (χ1v) is 7.51. The number of fused-ring (bicyclic) bond motifs is 1. The van der Waals surface area contributed by atoms with Crippen LogP contribution in [-0.2, 0) is 4.74 Å². The van der Waals surface area contributed by atoms with Crippen LogP contribution in [0.3, 0.4) is 0 Å². The van der Waals surface area contributed by atoms with Gasteiger partial charge in [-0.05, 0) is 38.4 Å². The molecule has 0 saturated heterocycles. The summed E-state index contributed by atoms with van der Waals surface area (Å²) in [6.45, 7) is 6.94. The van der Waals surface area contributed by atoms with Crippen molar-refractivity contribution >= 4 is 5.69 Å². The van der Waals surface area contributed by atoms with Crippen LogP contribution < -0.4 is 15.0 Å². The molecule has 1 aliphatic rings. The minimum absolute atomic E-state index is 0.459. The van der Waals surface area contributed by atoms with Crippen molar-refractivity contribution in [1.29, 1.82) is 0 Å². The van der Waals surface area contributed by atoms with E-state index in [1.165, 1.54) is 5.69 Å². The molecule has 0 saturated carbocycles. The molecule has 1 aliphatic heterocycles. The third kappa shape index (κ3) is 4.12. The first-order valence-electron chi connectivity index (χ1n) is 7.51. The predicted molar refractivity (Wildman–Crippen MR) is 82.7 cm³/mol. The van der Waals surface area contributed by atoms with Crippen LogP contribution in [0.1, 0.15) is 19.8 Å². The molecule has 0 aliphatic carbocycles. The first kappa shape index (κ1) is 15.1. The second kappa shape index (κ2) is 8.12. The number of nitrogens with zero attached hydrogens (tertiary/aromatic N) is 1. The fourth-order valence-corrected chi connectivity index (χ4v) is 2.57. The van der Waals surface area contributed by atoms with Gasteiger partial charge in [0.25, 0.3) is 0 Å². The Labute approximate surface area is 122 Å². The van der Waals surface area contributed by atoms with Crippen LogP contribution in [0.15, 0.2) is 24.3 Å². The average molecular weight is 278 g/mol. The van der Waals surface area contributed by atoms with Crippen LogP contribution in [0.2, 0.25) is 0 Å². The molecular weight excluding hydrogens is 252 g/mol. The van der Waals surface area contributed by atoms with Gasteiger partial charge in [-0.2, -0.15) is 0 Å². The summed E-state index contributed by atoms with van der Waals surface area (Å²) in [6, 6.07) is 8.80. The van der Waals surface area contributed by atoms with E-state index in [1.54, 1.807) is 7.11 Å². The van der Waals surface area contributed by atoms with E-state index < -0.39 is 0 Å². The van der Waals surface area contributed by atoms with Gasteiger partial charge in [0.05, 0.1) is 12.3 Å². The van der Waals surface area contributed by atoms with Crippen LogP contribution in [0.5, 0.6) is 5.75 Å². The average Bonchev–Trinajstić information content (AvgIpc) is 2.69. The number of rotatable bonds is 7. The van der Waals surface area contributed by atoms with Gasteiger partial charge in [-0.25, -0.2) is 0 Å². The molecule has 4 heteroatoms. The minimum atomic E-state index is 0.459. The molecule has 1 heterocycles. The largest absolute Gasteiger partial charge is 0.491 e. The predicted octanol–water partition coefficient (Wildman–Crippen LogP) is 2.29. The lowest BCUT2D eigenvalue weighted by molar-refractivity contribution is 0.194. The maximum absolute atomic E-state index is 5.81. The van der Waals surface area contributed by atoms with Crippen LogP contribution >= 0.6 is 0 Å². The molecule has 4 nitrogen and oxygen atoms in total. The molecule has 1 aromatic rings. The van der Waals surface area contributed by atoms with E-state index in [-0.39, 0.29) is 0 Å². The molecule has 1 atom stereocenters. The summed E-state index contributed by atoms with van der Waals surface area (Å²) in [4.78, 5) is 2.45. The Morgan fingerprint density at radius 1 is 1.40 bits per heavy atom. The zero-order valence-electron chi connectivity index (χ0n) is 12.6. The lowest BCUT2D eigenvalue weighted by Crippen LogP contribution is -2.41. The van der Waals surface area contributed by atoms with Crippen molar-refractivity contribution < 1.29 is 9.47 Å². The molecule has 112 valence electrons. The Bertz CT molecular complexity index is 398. The second-order valence-electron chi connectivity index (χ2n) is 5.26. The lowest BCUT2D eigenvalue weighted by atomic mass is 10.2.